The van der Waals surface area contributed by atoms with Gasteiger partial charge < -0.3 is 15.4 Å². The van der Waals surface area contributed by atoms with Crippen LogP contribution >= 0.6 is 11.8 Å². The summed E-state index contributed by atoms with van der Waals surface area (Å²) in [5.74, 6) is 1.19. The topological polar surface area (TPSA) is 46.3 Å². The van der Waals surface area contributed by atoms with Crippen LogP contribution in [0.3, 0.4) is 0 Å². The van der Waals surface area contributed by atoms with Gasteiger partial charge in [-0.05, 0) is 29.9 Å². The van der Waals surface area contributed by atoms with E-state index in [0.717, 1.165) is 12.0 Å². The first-order valence-corrected chi connectivity index (χ1v) is 8.67. The third-order valence-electron chi connectivity index (χ3n) is 3.80. The van der Waals surface area contributed by atoms with E-state index in [1.165, 1.54) is 16.3 Å². The van der Waals surface area contributed by atoms with Gasteiger partial charge in [0.2, 0.25) is 0 Å². The van der Waals surface area contributed by atoms with Crippen molar-refractivity contribution in [1.82, 2.24) is 0 Å². The third-order valence-corrected chi connectivity index (χ3v) is 4.90. The van der Waals surface area contributed by atoms with Gasteiger partial charge in [-0.1, -0.05) is 44.2 Å². The van der Waals surface area contributed by atoms with E-state index in [1.54, 1.807) is 11.8 Å². The molecule has 2 aromatic rings. The third kappa shape index (κ3) is 3.62. The van der Waals surface area contributed by atoms with E-state index in [1.807, 2.05) is 6.92 Å². The molecule has 1 atom stereocenters. The summed E-state index contributed by atoms with van der Waals surface area (Å²) in [5, 5.41) is 2.48. The Morgan fingerprint density at radius 2 is 1.82 bits per heavy atom. The van der Waals surface area contributed by atoms with Gasteiger partial charge in [0.1, 0.15) is 6.29 Å². The van der Waals surface area contributed by atoms with Gasteiger partial charge in [0.15, 0.2) is 0 Å². The molecule has 1 unspecified atom stereocenters. The van der Waals surface area contributed by atoms with Gasteiger partial charge in [0.05, 0.1) is 17.8 Å². The number of anilines is 1. The highest BCUT2D eigenvalue weighted by atomic mass is 32.2. The molecule has 0 fully saturated rings. The smallest absolute Gasteiger partial charge is 0.132 e. The van der Waals surface area contributed by atoms with Crippen LogP contribution in [0.25, 0.3) is 10.8 Å². The van der Waals surface area contributed by atoms with Crippen LogP contribution in [-0.2, 0) is 4.79 Å². The van der Waals surface area contributed by atoms with Crippen LogP contribution in [0.4, 0.5) is 5.69 Å². The van der Waals surface area contributed by atoms with Crippen LogP contribution in [0.15, 0.2) is 36.4 Å². The van der Waals surface area contributed by atoms with Crippen LogP contribution in [-0.4, -0.2) is 24.1 Å². The number of benzene rings is 2. The van der Waals surface area contributed by atoms with Crippen LogP contribution in [0, 0.1) is 0 Å². The number of hydrogen-bond donors (Lipinski definition) is 1. The predicted molar refractivity (Wildman–Crippen MR) is 97.6 cm³/mol. The molecule has 22 heavy (non-hydrogen) atoms. The second-order valence-electron chi connectivity index (χ2n) is 5.73. The summed E-state index contributed by atoms with van der Waals surface area (Å²) in [4.78, 5) is 12.9. The number of hydrogen-bond acceptors (Lipinski definition) is 4. The summed E-state index contributed by atoms with van der Waals surface area (Å²) in [7, 11) is 0. The van der Waals surface area contributed by atoms with Crippen molar-refractivity contribution >= 4 is 34.5 Å². The lowest BCUT2D eigenvalue weighted by atomic mass is 9.95. The lowest BCUT2D eigenvalue weighted by Crippen LogP contribution is -2.30. The Bertz CT molecular complexity index is 642. The zero-order chi connectivity index (χ0) is 16.1. The molecule has 0 saturated carbocycles. The van der Waals surface area contributed by atoms with Gasteiger partial charge >= 0.3 is 0 Å². The Labute approximate surface area is 136 Å². The Morgan fingerprint density at radius 1 is 1.14 bits per heavy atom. The molecule has 0 amide bonds. The van der Waals surface area contributed by atoms with E-state index >= 15 is 0 Å². The molecule has 0 heterocycles. The molecule has 0 saturated heterocycles. The molecular formula is C18H24N2OS. The molecule has 0 bridgehead atoms. The van der Waals surface area contributed by atoms with E-state index < -0.39 is 0 Å². The first-order chi connectivity index (χ1) is 10.6. The zero-order valence-corrected chi connectivity index (χ0v) is 14.3. The maximum absolute atomic E-state index is 10.8. The molecule has 0 radical (unpaired) electrons. The maximum atomic E-state index is 10.8. The molecule has 2 aromatic carbocycles. The fourth-order valence-corrected chi connectivity index (χ4v) is 3.29. The monoisotopic (exact) mass is 316 g/mol. The van der Waals surface area contributed by atoms with Crippen molar-refractivity contribution in [2.24, 2.45) is 5.73 Å². The normalized spacial score (nSPS) is 12.6. The number of carbonyl (C=O) groups is 1. The fraction of sp³-hybridized carbons (Fsp3) is 0.389. The molecule has 0 aliphatic heterocycles. The quantitative estimate of drug-likeness (QED) is 0.620. The van der Waals surface area contributed by atoms with Gasteiger partial charge in [-0.25, -0.2) is 0 Å². The lowest BCUT2D eigenvalue weighted by Gasteiger charge is -2.26. The highest BCUT2D eigenvalue weighted by molar-refractivity contribution is 8.00. The summed E-state index contributed by atoms with van der Waals surface area (Å²) in [6, 6.07) is 12.8. The van der Waals surface area contributed by atoms with Gasteiger partial charge in [-0.3, -0.25) is 0 Å². The molecule has 2 N–H and O–H groups in total. The van der Waals surface area contributed by atoms with Crippen LogP contribution < -0.4 is 10.6 Å². The summed E-state index contributed by atoms with van der Waals surface area (Å²) in [6.45, 7) is 6.77. The van der Waals surface area contributed by atoms with Crippen LogP contribution in [0.2, 0.25) is 0 Å². The van der Waals surface area contributed by atoms with Gasteiger partial charge in [-0.15, -0.1) is 11.8 Å². The Kier molecular flexibility index (Phi) is 5.86. The average Bonchev–Trinajstić information content (AvgIpc) is 2.54. The number of fused-ring (bicyclic) bond motifs is 1. The minimum absolute atomic E-state index is 0.0183. The number of thioether (sulfide) groups is 1. The second kappa shape index (κ2) is 7.65. The van der Waals surface area contributed by atoms with Crippen molar-refractivity contribution < 1.29 is 4.79 Å². The van der Waals surface area contributed by atoms with E-state index in [9.17, 15) is 4.79 Å². The number of rotatable bonds is 7. The Morgan fingerprint density at radius 3 is 2.41 bits per heavy atom. The zero-order valence-electron chi connectivity index (χ0n) is 13.5. The minimum atomic E-state index is -0.0183. The van der Waals surface area contributed by atoms with E-state index in [2.05, 4.69) is 55.1 Å². The lowest BCUT2D eigenvalue weighted by molar-refractivity contribution is -0.107. The van der Waals surface area contributed by atoms with Crippen LogP contribution in [0.1, 0.15) is 32.3 Å². The van der Waals surface area contributed by atoms with E-state index in [4.69, 9.17) is 5.73 Å². The molecule has 2 rings (SSSR count). The summed E-state index contributed by atoms with van der Waals surface area (Å²) >= 11 is 1.60. The molecular weight excluding hydrogens is 292 g/mol. The molecule has 0 aromatic heterocycles. The molecule has 0 spiro atoms. The minimum Gasteiger partial charge on any atom is -0.349 e. The summed E-state index contributed by atoms with van der Waals surface area (Å²) in [6.07, 6.45) is 0.972. The van der Waals surface area contributed by atoms with Crippen molar-refractivity contribution in [3.05, 3.63) is 42.0 Å². The van der Waals surface area contributed by atoms with Crippen molar-refractivity contribution in [1.29, 1.82) is 0 Å². The summed E-state index contributed by atoms with van der Waals surface area (Å²) < 4.78 is 0. The van der Waals surface area contributed by atoms with Gasteiger partial charge in [-0.2, -0.15) is 0 Å². The number of aldehydes is 1. The molecule has 4 heteroatoms. The van der Waals surface area contributed by atoms with Crippen LogP contribution in [0.5, 0.6) is 0 Å². The fourth-order valence-electron chi connectivity index (χ4n) is 2.55. The van der Waals surface area contributed by atoms with Gasteiger partial charge in [0.25, 0.3) is 0 Å². The highest BCUT2D eigenvalue weighted by Crippen LogP contribution is 2.33. The van der Waals surface area contributed by atoms with Crippen molar-refractivity contribution in [3.8, 4) is 0 Å². The number of carbonyl (C=O) groups excluding carboxylic acids is 1. The van der Waals surface area contributed by atoms with Gasteiger partial charge in [0, 0.05) is 11.1 Å². The average molecular weight is 316 g/mol. The van der Waals surface area contributed by atoms with Crippen molar-refractivity contribution in [2.75, 3.05) is 17.4 Å². The first kappa shape index (κ1) is 16.8. The SMILES string of the molecule is CC(C=O)SCN(CN)c1ccc(C(C)C)c2ccccc12. The predicted octanol–water partition coefficient (Wildman–Crippen LogP) is 3.96. The Hall–Kier alpha value is -1.52. The Balaban J connectivity index is 2.41. The number of nitrogens with two attached hydrogens (primary N) is 1. The first-order valence-electron chi connectivity index (χ1n) is 7.62. The molecule has 3 nitrogen and oxygen atoms in total. The summed E-state index contributed by atoms with van der Waals surface area (Å²) in [5.41, 5.74) is 8.43. The molecule has 0 aliphatic carbocycles. The van der Waals surface area contributed by atoms with Crippen molar-refractivity contribution in [3.63, 3.8) is 0 Å². The maximum Gasteiger partial charge on any atom is 0.132 e. The molecule has 0 aliphatic rings. The largest absolute Gasteiger partial charge is 0.349 e. The standard InChI is InChI=1S/C18H24N2OS/c1-13(2)15-8-9-18(17-7-5-4-6-16(15)17)20(11-19)12-22-14(3)10-21/h4-10,13-14H,11-12,19H2,1-3H3. The van der Waals surface area contributed by atoms with E-state index in [-0.39, 0.29) is 5.25 Å². The second-order valence-corrected chi connectivity index (χ2v) is 7.07. The number of nitrogens with zero attached hydrogens (tertiary/aromatic N) is 1. The van der Waals surface area contributed by atoms with Crippen molar-refractivity contribution in [2.45, 2.75) is 31.9 Å². The molecule has 118 valence electrons. The highest BCUT2D eigenvalue weighted by Gasteiger charge is 2.13. The van der Waals surface area contributed by atoms with E-state index in [0.29, 0.717) is 18.5 Å².